The molecule has 0 aliphatic carbocycles. The van der Waals surface area contributed by atoms with E-state index in [1.165, 1.54) is 17.3 Å². The number of rotatable bonds is 6. The van der Waals surface area contributed by atoms with Crippen molar-refractivity contribution in [1.82, 2.24) is 14.3 Å². The van der Waals surface area contributed by atoms with E-state index in [1.54, 1.807) is 21.6 Å². The SMILES string of the molecule is Cc1ccc(CN2C(=O)/C(=C\c3c(N4CCC(Cc5ccccc5)CC4)nc4c(C)cccn4c3=O)SC2=S)cc1. The predicted octanol–water partition coefficient (Wildman–Crippen LogP) is 6.17. The van der Waals surface area contributed by atoms with Crippen LogP contribution in [0.15, 0.2) is 82.6 Å². The van der Waals surface area contributed by atoms with Gasteiger partial charge in [-0.2, -0.15) is 0 Å². The molecule has 2 saturated heterocycles. The van der Waals surface area contributed by atoms with Crippen LogP contribution in [0.1, 0.15) is 40.7 Å². The summed E-state index contributed by atoms with van der Waals surface area (Å²) in [7, 11) is 0. The number of amides is 1. The number of benzene rings is 2. The van der Waals surface area contributed by atoms with Crippen LogP contribution in [0.4, 0.5) is 5.82 Å². The van der Waals surface area contributed by atoms with E-state index in [1.807, 2.05) is 50.2 Å². The molecule has 208 valence electrons. The molecule has 2 aromatic carbocycles. The second kappa shape index (κ2) is 11.6. The van der Waals surface area contributed by atoms with Crippen LogP contribution in [-0.2, 0) is 17.8 Å². The third kappa shape index (κ3) is 5.72. The highest BCUT2D eigenvalue weighted by atomic mass is 32.2. The molecule has 2 fully saturated rings. The number of hydrogen-bond acceptors (Lipinski definition) is 6. The van der Waals surface area contributed by atoms with Crippen LogP contribution in [-0.4, -0.2) is 37.6 Å². The highest BCUT2D eigenvalue weighted by Gasteiger charge is 2.33. The lowest BCUT2D eigenvalue weighted by Crippen LogP contribution is -2.37. The second-order valence-electron chi connectivity index (χ2n) is 10.9. The third-order valence-electron chi connectivity index (χ3n) is 7.96. The molecule has 6 nitrogen and oxygen atoms in total. The minimum atomic E-state index is -0.179. The predicted molar refractivity (Wildman–Crippen MR) is 171 cm³/mol. The molecule has 6 rings (SSSR count). The van der Waals surface area contributed by atoms with Gasteiger partial charge in [0.25, 0.3) is 11.5 Å². The van der Waals surface area contributed by atoms with Gasteiger partial charge in [-0.3, -0.25) is 18.9 Å². The number of nitrogens with zero attached hydrogens (tertiary/aromatic N) is 4. The number of hydrogen-bond donors (Lipinski definition) is 0. The molecule has 2 aromatic heterocycles. The van der Waals surface area contributed by atoms with Gasteiger partial charge in [0.05, 0.1) is 17.0 Å². The average Bonchev–Trinajstić information content (AvgIpc) is 3.24. The molecule has 0 radical (unpaired) electrons. The van der Waals surface area contributed by atoms with E-state index in [0.29, 0.717) is 38.7 Å². The lowest BCUT2D eigenvalue weighted by atomic mass is 9.90. The fraction of sp³-hybridized carbons (Fsp3) is 0.273. The zero-order valence-electron chi connectivity index (χ0n) is 23.2. The van der Waals surface area contributed by atoms with Gasteiger partial charge in [-0.1, -0.05) is 90.2 Å². The van der Waals surface area contributed by atoms with Crippen molar-refractivity contribution < 1.29 is 4.79 Å². The van der Waals surface area contributed by atoms with E-state index in [0.717, 1.165) is 49.0 Å². The Balaban J connectivity index is 1.32. The number of thiocarbonyl (C=S) groups is 1. The van der Waals surface area contributed by atoms with Crippen LogP contribution in [0.3, 0.4) is 0 Å². The number of piperidine rings is 1. The first-order valence-electron chi connectivity index (χ1n) is 14.0. The van der Waals surface area contributed by atoms with Crippen LogP contribution < -0.4 is 10.5 Å². The molecule has 1 amide bonds. The number of aromatic nitrogens is 2. The fourth-order valence-corrected chi connectivity index (χ4v) is 6.84. The summed E-state index contributed by atoms with van der Waals surface area (Å²) in [5.74, 6) is 1.05. The highest BCUT2D eigenvalue weighted by Crippen LogP contribution is 2.35. The average molecular weight is 581 g/mol. The Morgan fingerprint density at radius 1 is 0.951 bits per heavy atom. The maximum Gasteiger partial charge on any atom is 0.267 e. The molecule has 4 aromatic rings. The molecule has 8 heteroatoms. The Morgan fingerprint density at radius 3 is 2.41 bits per heavy atom. The molecule has 41 heavy (non-hydrogen) atoms. The van der Waals surface area contributed by atoms with Crippen molar-refractivity contribution >= 4 is 51.7 Å². The molecule has 2 aliphatic heterocycles. The van der Waals surface area contributed by atoms with Gasteiger partial charge in [0.1, 0.15) is 15.8 Å². The van der Waals surface area contributed by atoms with Crippen LogP contribution in [0.2, 0.25) is 0 Å². The van der Waals surface area contributed by atoms with E-state index in [9.17, 15) is 9.59 Å². The Morgan fingerprint density at radius 2 is 1.68 bits per heavy atom. The molecular weight excluding hydrogens is 549 g/mol. The number of anilines is 1. The normalized spacial score (nSPS) is 17.3. The number of thioether (sulfide) groups is 1. The van der Waals surface area contributed by atoms with Crippen LogP contribution in [0.25, 0.3) is 11.7 Å². The van der Waals surface area contributed by atoms with E-state index in [4.69, 9.17) is 17.2 Å². The largest absolute Gasteiger partial charge is 0.356 e. The summed E-state index contributed by atoms with van der Waals surface area (Å²) in [5, 5.41) is 0. The van der Waals surface area contributed by atoms with Crippen LogP contribution in [0, 0.1) is 19.8 Å². The summed E-state index contributed by atoms with van der Waals surface area (Å²) in [6.45, 7) is 6.02. The molecule has 0 spiro atoms. The Hall–Kier alpha value is -3.75. The highest BCUT2D eigenvalue weighted by molar-refractivity contribution is 8.26. The summed E-state index contributed by atoms with van der Waals surface area (Å²) in [6.07, 6.45) is 6.54. The molecule has 0 atom stereocenters. The number of fused-ring (bicyclic) bond motifs is 1. The summed E-state index contributed by atoms with van der Waals surface area (Å²) < 4.78 is 2.08. The summed E-state index contributed by atoms with van der Waals surface area (Å²) >= 11 is 6.85. The number of aryl methyl sites for hydroxylation is 2. The molecule has 0 unspecified atom stereocenters. The van der Waals surface area contributed by atoms with E-state index in [2.05, 4.69) is 35.2 Å². The van der Waals surface area contributed by atoms with E-state index >= 15 is 0 Å². The van der Waals surface area contributed by atoms with Gasteiger partial charge in [0, 0.05) is 19.3 Å². The van der Waals surface area contributed by atoms with Crippen LogP contribution in [0.5, 0.6) is 0 Å². The lowest BCUT2D eigenvalue weighted by Gasteiger charge is -2.33. The topological polar surface area (TPSA) is 57.9 Å². The third-order valence-corrected chi connectivity index (χ3v) is 9.33. The van der Waals surface area contributed by atoms with Crippen molar-refractivity contribution in [3.8, 4) is 0 Å². The van der Waals surface area contributed by atoms with Crippen molar-refractivity contribution in [2.45, 2.75) is 39.7 Å². The maximum atomic E-state index is 13.9. The van der Waals surface area contributed by atoms with Gasteiger partial charge in [0.15, 0.2) is 0 Å². The lowest BCUT2D eigenvalue weighted by molar-refractivity contribution is -0.122. The van der Waals surface area contributed by atoms with Crippen molar-refractivity contribution in [3.63, 3.8) is 0 Å². The quantitative estimate of drug-likeness (QED) is 0.201. The van der Waals surface area contributed by atoms with Gasteiger partial charge >= 0.3 is 0 Å². The summed E-state index contributed by atoms with van der Waals surface area (Å²) in [5.41, 5.74) is 5.36. The molecular formula is C33H32N4O2S2. The summed E-state index contributed by atoms with van der Waals surface area (Å²) in [4.78, 5) is 36.8. The van der Waals surface area contributed by atoms with Gasteiger partial charge in [-0.25, -0.2) is 4.98 Å². The van der Waals surface area contributed by atoms with E-state index < -0.39 is 0 Å². The minimum Gasteiger partial charge on any atom is -0.356 e. The minimum absolute atomic E-state index is 0.177. The molecule has 0 N–H and O–H groups in total. The molecule has 0 saturated carbocycles. The second-order valence-corrected chi connectivity index (χ2v) is 12.6. The van der Waals surface area contributed by atoms with Crippen molar-refractivity contribution in [2.75, 3.05) is 18.0 Å². The molecule has 2 aliphatic rings. The monoisotopic (exact) mass is 580 g/mol. The smallest absolute Gasteiger partial charge is 0.267 e. The van der Waals surface area contributed by atoms with Crippen molar-refractivity contribution in [3.05, 3.63) is 116 Å². The zero-order chi connectivity index (χ0) is 28.5. The standard InChI is InChI=1S/C33H32N4O2S2/c1-22-10-12-26(13-11-22)21-37-32(39)28(41-33(37)40)20-27-30(34-29-23(2)7-6-16-36(29)31(27)38)35-17-14-25(15-18-35)19-24-8-4-3-5-9-24/h3-13,16,20,25H,14-15,17-19,21H2,1-2H3/b28-20+. The first kappa shape index (κ1) is 27.4. The van der Waals surface area contributed by atoms with Crippen molar-refractivity contribution in [2.24, 2.45) is 5.92 Å². The first-order valence-corrected chi connectivity index (χ1v) is 15.2. The van der Waals surface area contributed by atoms with Gasteiger partial charge < -0.3 is 4.90 Å². The molecule has 0 bridgehead atoms. The zero-order valence-corrected chi connectivity index (χ0v) is 24.9. The Kier molecular flexibility index (Phi) is 7.77. The Bertz CT molecular complexity index is 1710. The first-order chi connectivity index (χ1) is 19.9. The number of carbonyl (C=O) groups excluding carboxylic acids is 1. The van der Waals surface area contributed by atoms with Gasteiger partial charge in [0.2, 0.25) is 0 Å². The fourth-order valence-electron chi connectivity index (χ4n) is 5.61. The van der Waals surface area contributed by atoms with Crippen LogP contribution >= 0.6 is 24.0 Å². The number of carbonyl (C=O) groups is 1. The Labute approximate surface area is 249 Å². The van der Waals surface area contributed by atoms with Crippen molar-refractivity contribution in [1.29, 1.82) is 0 Å². The van der Waals surface area contributed by atoms with E-state index in [-0.39, 0.29) is 11.5 Å². The summed E-state index contributed by atoms with van der Waals surface area (Å²) in [6, 6.07) is 22.5. The number of pyridine rings is 1. The van der Waals surface area contributed by atoms with Gasteiger partial charge in [-0.15, -0.1) is 0 Å². The maximum absolute atomic E-state index is 13.9. The van der Waals surface area contributed by atoms with Gasteiger partial charge in [-0.05, 0) is 67.9 Å². The molecule has 4 heterocycles.